The zero-order valence-electron chi connectivity index (χ0n) is 14.6. The van der Waals surface area contributed by atoms with Gasteiger partial charge in [-0.3, -0.25) is 4.79 Å². The van der Waals surface area contributed by atoms with Crippen molar-refractivity contribution in [2.75, 3.05) is 25.6 Å². The third kappa shape index (κ3) is 5.26. The number of nitrogens with one attached hydrogen (secondary N) is 1. The molecule has 0 aliphatic rings. The molecule has 0 unspecified atom stereocenters. The van der Waals surface area contributed by atoms with Crippen molar-refractivity contribution in [3.05, 3.63) is 45.5 Å². The second-order valence-corrected chi connectivity index (χ2v) is 6.41. The van der Waals surface area contributed by atoms with Gasteiger partial charge in [0.15, 0.2) is 11.5 Å². The number of carbonyl (C=O) groups is 1. The van der Waals surface area contributed by atoms with Crippen LogP contribution in [0.5, 0.6) is 17.2 Å². The standard InChI is InChI=1S/C19H22INO4/c1-4-10-25-18-16(20)11-13(12-17(18)23-3)19(22)21-14-6-8-15(9-7-14)24-5-2/h6-9,11-12H,4-5,10H2,1-3H3,(H,21,22). The topological polar surface area (TPSA) is 56.8 Å². The van der Waals surface area contributed by atoms with Gasteiger partial charge in [-0.15, -0.1) is 0 Å². The molecule has 0 aliphatic carbocycles. The summed E-state index contributed by atoms with van der Waals surface area (Å²) in [7, 11) is 1.57. The Hall–Kier alpha value is -1.96. The minimum Gasteiger partial charge on any atom is -0.494 e. The highest BCUT2D eigenvalue weighted by atomic mass is 127. The van der Waals surface area contributed by atoms with Gasteiger partial charge in [-0.1, -0.05) is 6.92 Å². The number of carbonyl (C=O) groups excluding carboxylic acids is 1. The predicted octanol–water partition coefficient (Wildman–Crippen LogP) is 4.74. The summed E-state index contributed by atoms with van der Waals surface area (Å²) in [4.78, 5) is 12.5. The highest BCUT2D eigenvalue weighted by molar-refractivity contribution is 14.1. The van der Waals surface area contributed by atoms with E-state index in [0.717, 1.165) is 15.7 Å². The van der Waals surface area contributed by atoms with Crippen LogP contribution in [0.1, 0.15) is 30.6 Å². The molecule has 134 valence electrons. The van der Waals surface area contributed by atoms with E-state index in [1.54, 1.807) is 19.2 Å². The molecule has 1 N–H and O–H groups in total. The summed E-state index contributed by atoms with van der Waals surface area (Å²) in [5.41, 5.74) is 1.22. The van der Waals surface area contributed by atoms with E-state index in [1.807, 2.05) is 38.1 Å². The van der Waals surface area contributed by atoms with Crippen molar-refractivity contribution in [3.63, 3.8) is 0 Å². The summed E-state index contributed by atoms with van der Waals surface area (Å²) in [6, 6.07) is 10.7. The number of amides is 1. The van der Waals surface area contributed by atoms with E-state index in [2.05, 4.69) is 27.9 Å². The Labute approximate surface area is 161 Å². The average Bonchev–Trinajstić information content (AvgIpc) is 2.62. The van der Waals surface area contributed by atoms with E-state index in [-0.39, 0.29) is 5.91 Å². The monoisotopic (exact) mass is 455 g/mol. The van der Waals surface area contributed by atoms with Crippen LogP contribution in [0.3, 0.4) is 0 Å². The molecule has 0 fully saturated rings. The van der Waals surface area contributed by atoms with Crippen molar-refractivity contribution >= 4 is 34.2 Å². The van der Waals surface area contributed by atoms with Crippen LogP contribution < -0.4 is 19.5 Å². The van der Waals surface area contributed by atoms with E-state index < -0.39 is 0 Å². The number of anilines is 1. The zero-order valence-corrected chi connectivity index (χ0v) is 16.8. The Morgan fingerprint density at radius 1 is 1.12 bits per heavy atom. The van der Waals surface area contributed by atoms with E-state index in [9.17, 15) is 4.79 Å². The van der Waals surface area contributed by atoms with Crippen molar-refractivity contribution in [3.8, 4) is 17.2 Å². The maximum atomic E-state index is 12.5. The highest BCUT2D eigenvalue weighted by Crippen LogP contribution is 2.34. The number of hydrogen-bond donors (Lipinski definition) is 1. The lowest BCUT2D eigenvalue weighted by Gasteiger charge is -2.14. The lowest BCUT2D eigenvalue weighted by molar-refractivity contribution is 0.102. The third-order valence-corrected chi connectivity index (χ3v) is 4.17. The molecule has 0 spiro atoms. The van der Waals surface area contributed by atoms with Crippen LogP contribution in [0.2, 0.25) is 0 Å². The van der Waals surface area contributed by atoms with Gasteiger partial charge in [0.1, 0.15) is 5.75 Å². The van der Waals surface area contributed by atoms with E-state index in [1.165, 1.54) is 0 Å². The number of hydrogen-bond acceptors (Lipinski definition) is 4. The van der Waals surface area contributed by atoms with Crippen molar-refractivity contribution in [1.82, 2.24) is 0 Å². The molecular weight excluding hydrogens is 433 g/mol. The molecule has 0 radical (unpaired) electrons. The van der Waals surface area contributed by atoms with Gasteiger partial charge in [-0.25, -0.2) is 0 Å². The number of benzene rings is 2. The molecule has 0 bridgehead atoms. The van der Waals surface area contributed by atoms with E-state index in [4.69, 9.17) is 14.2 Å². The molecular formula is C19H22INO4. The first-order valence-electron chi connectivity index (χ1n) is 8.13. The first-order chi connectivity index (χ1) is 12.1. The fraction of sp³-hybridized carbons (Fsp3) is 0.316. The van der Waals surface area contributed by atoms with Crippen molar-refractivity contribution < 1.29 is 19.0 Å². The van der Waals surface area contributed by atoms with Crippen LogP contribution in [0, 0.1) is 3.57 Å². The first-order valence-corrected chi connectivity index (χ1v) is 9.21. The number of rotatable bonds is 8. The van der Waals surface area contributed by atoms with Crippen LogP contribution in [0.15, 0.2) is 36.4 Å². The van der Waals surface area contributed by atoms with Crippen LogP contribution in [-0.4, -0.2) is 26.2 Å². The Balaban J connectivity index is 2.16. The number of halogens is 1. The zero-order chi connectivity index (χ0) is 18.2. The van der Waals surface area contributed by atoms with Gasteiger partial charge in [0, 0.05) is 11.3 Å². The lowest BCUT2D eigenvalue weighted by atomic mass is 10.1. The van der Waals surface area contributed by atoms with Crippen LogP contribution >= 0.6 is 22.6 Å². The Morgan fingerprint density at radius 2 is 1.84 bits per heavy atom. The predicted molar refractivity (Wildman–Crippen MR) is 107 cm³/mol. The molecule has 0 saturated heterocycles. The summed E-state index contributed by atoms with van der Waals surface area (Å²) in [6.45, 7) is 5.18. The SMILES string of the molecule is CCCOc1c(I)cc(C(=O)Nc2ccc(OCC)cc2)cc1OC. The van der Waals surface area contributed by atoms with Crippen molar-refractivity contribution in [1.29, 1.82) is 0 Å². The van der Waals surface area contributed by atoms with Crippen LogP contribution in [0.25, 0.3) is 0 Å². The van der Waals surface area contributed by atoms with Crippen LogP contribution in [-0.2, 0) is 0 Å². The molecule has 0 aliphatic heterocycles. The molecule has 2 aromatic rings. The largest absolute Gasteiger partial charge is 0.494 e. The molecule has 5 nitrogen and oxygen atoms in total. The fourth-order valence-corrected chi connectivity index (χ4v) is 2.96. The normalized spacial score (nSPS) is 10.2. The molecule has 0 aromatic heterocycles. The molecule has 1 amide bonds. The van der Waals surface area contributed by atoms with Gasteiger partial charge in [-0.05, 0) is 72.3 Å². The third-order valence-electron chi connectivity index (χ3n) is 3.37. The van der Waals surface area contributed by atoms with Crippen molar-refractivity contribution in [2.24, 2.45) is 0 Å². The summed E-state index contributed by atoms with van der Waals surface area (Å²) >= 11 is 2.15. The summed E-state index contributed by atoms with van der Waals surface area (Å²) in [5.74, 6) is 1.79. The Bertz CT molecular complexity index is 716. The van der Waals surface area contributed by atoms with E-state index >= 15 is 0 Å². The van der Waals surface area contributed by atoms with E-state index in [0.29, 0.717) is 36.0 Å². The Morgan fingerprint density at radius 3 is 2.44 bits per heavy atom. The molecule has 0 atom stereocenters. The van der Waals surface area contributed by atoms with Gasteiger partial charge in [0.05, 0.1) is 23.9 Å². The lowest BCUT2D eigenvalue weighted by Crippen LogP contribution is -2.13. The summed E-state index contributed by atoms with van der Waals surface area (Å²) in [6.07, 6.45) is 0.902. The number of ether oxygens (including phenoxy) is 3. The number of methoxy groups -OCH3 is 1. The summed E-state index contributed by atoms with van der Waals surface area (Å²) < 4.78 is 17.3. The fourth-order valence-electron chi connectivity index (χ4n) is 2.20. The molecule has 6 heteroatoms. The summed E-state index contributed by atoms with van der Waals surface area (Å²) in [5, 5.41) is 2.87. The van der Waals surface area contributed by atoms with Gasteiger partial charge in [0.2, 0.25) is 0 Å². The van der Waals surface area contributed by atoms with Gasteiger partial charge in [0.25, 0.3) is 5.91 Å². The van der Waals surface area contributed by atoms with Gasteiger partial charge < -0.3 is 19.5 Å². The molecule has 0 saturated carbocycles. The maximum absolute atomic E-state index is 12.5. The Kier molecular flexibility index (Phi) is 7.36. The van der Waals surface area contributed by atoms with Crippen LogP contribution in [0.4, 0.5) is 5.69 Å². The smallest absolute Gasteiger partial charge is 0.255 e. The molecule has 0 heterocycles. The second kappa shape index (κ2) is 9.50. The highest BCUT2D eigenvalue weighted by Gasteiger charge is 2.15. The minimum absolute atomic E-state index is 0.206. The first kappa shape index (κ1) is 19.4. The average molecular weight is 455 g/mol. The maximum Gasteiger partial charge on any atom is 0.255 e. The molecule has 25 heavy (non-hydrogen) atoms. The second-order valence-electron chi connectivity index (χ2n) is 5.25. The quantitative estimate of drug-likeness (QED) is 0.585. The molecule has 2 rings (SSSR count). The minimum atomic E-state index is -0.206. The molecule has 2 aromatic carbocycles. The van der Waals surface area contributed by atoms with Gasteiger partial charge in [-0.2, -0.15) is 0 Å². The van der Waals surface area contributed by atoms with Gasteiger partial charge >= 0.3 is 0 Å². The van der Waals surface area contributed by atoms with Crippen molar-refractivity contribution in [2.45, 2.75) is 20.3 Å².